The maximum atomic E-state index is 14.1. The number of nitrogens with two attached hydrogens (primary N) is 1. The minimum Gasteiger partial charge on any atom is -0.489 e. The van der Waals surface area contributed by atoms with Crippen molar-refractivity contribution >= 4 is 17.6 Å². The Bertz CT molecular complexity index is 1410. The van der Waals surface area contributed by atoms with Crippen molar-refractivity contribution in [2.45, 2.75) is 120 Å². The minimum absolute atomic E-state index is 0.0232. The average Bonchev–Trinajstić information content (AvgIpc) is 3.95. The summed E-state index contributed by atoms with van der Waals surface area (Å²) in [7, 11) is 1.65. The van der Waals surface area contributed by atoms with Crippen molar-refractivity contribution in [3.63, 3.8) is 0 Å². The number of halogens is 2. The summed E-state index contributed by atoms with van der Waals surface area (Å²) in [5.74, 6) is -0.808. The van der Waals surface area contributed by atoms with E-state index in [4.69, 9.17) is 20.2 Å². The van der Waals surface area contributed by atoms with Gasteiger partial charge in [0.15, 0.2) is 0 Å². The number of benzene rings is 1. The molecule has 0 spiro atoms. The lowest BCUT2D eigenvalue weighted by molar-refractivity contribution is 0.0619. The molecule has 6 nitrogen and oxygen atoms in total. The number of rotatable bonds is 20. The summed E-state index contributed by atoms with van der Waals surface area (Å²) in [5.41, 5.74) is 11.0. The van der Waals surface area contributed by atoms with Crippen LogP contribution in [0.1, 0.15) is 118 Å². The summed E-state index contributed by atoms with van der Waals surface area (Å²) in [6.07, 6.45) is 11.6. The monoisotopic (exact) mass is 694 g/mol. The molecule has 0 bridgehead atoms. The van der Waals surface area contributed by atoms with Crippen LogP contribution >= 0.6 is 0 Å². The molecule has 1 aromatic rings. The van der Waals surface area contributed by atoms with Crippen LogP contribution in [-0.4, -0.2) is 37.2 Å². The first kappa shape index (κ1) is 44.4. The minimum atomic E-state index is -3.01. The summed E-state index contributed by atoms with van der Waals surface area (Å²) >= 11 is 0. The molecule has 50 heavy (non-hydrogen) atoms. The summed E-state index contributed by atoms with van der Waals surface area (Å²) in [6, 6.07) is 7.69. The van der Waals surface area contributed by atoms with Gasteiger partial charge in [-0.15, -0.1) is 0 Å². The van der Waals surface area contributed by atoms with Crippen molar-refractivity contribution in [3.8, 4) is 0 Å². The molecule has 1 aliphatic carbocycles. The van der Waals surface area contributed by atoms with Gasteiger partial charge in [0.25, 0.3) is 5.92 Å². The molecule has 0 saturated heterocycles. The smallest absolute Gasteiger partial charge is 0.286 e. The van der Waals surface area contributed by atoms with Gasteiger partial charge in [0.05, 0.1) is 24.1 Å². The first-order valence-corrected chi connectivity index (χ1v) is 18.2. The van der Waals surface area contributed by atoms with Crippen molar-refractivity contribution in [1.29, 1.82) is 0 Å². The first-order valence-electron chi connectivity index (χ1n) is 18.2. The summed E-state index contributed by atoms with van der Waals surface area (Å²) in [6.45, 7) is 26.5. The fourth-order valence-electron chi connectivity index (χ4n) is 4.57. The Hall–Kier alpha value is -3.65. The normalized spacial score (nSPS) is 15.8. The Morgan fingerprint density at radius 2 is 1.70 bits per heavy atom. The van der Waals surface area contributed by atoms with Gasteiger partial charge in [-0.3, -0.25) is 9.98 Å². The van der Waals surface area contributed by atoms with Crippen LogP contribution in [0.2, 0.25) is 0 Å². The number of hydrogen-bond donors (Lipinski definition) is 1. The molecule has 1 aliphatic rings. The van der Waals surface area contributed by atoms with Gasteiger partial charge >= 0.3 is 0 Å². The maximum Gasteiger partial charge on any atom is 0.286 e. The van der Waals surface area contributed by atoms with E-state index in [0.29, 0.717) is 35.8 Å². The quantitative estimate of drug-likeness (QED) is 0.0838. The fourth-order valence-corrected chi connectivity index (χ4v) is 4.57. The Morgan fingerprint density at radius 1 is 1.08 bits per heavy atom. The highest BCUT2D eigenvalue weighted by atomic mass is 19.3. The third-order valence-corrected chi connectivity index (χ3v) is 8.23. The van der Waals surface area contributed by atoms with Crippen LogP contribution in [0.5, 0.6) is 0 Å². The molecule has 0 aliphatic heterocycles. The molecule has 1 atom stereocenters. The third-order valence-electron chi connectivity index (χ3n) is 8.23. The Morgan fingerprint density at radius 3 is 2.16 bits per heavy atom. The molecule has 2 rings (SSSR count). The number of methoxy groups -OCH3 is 1. The fraction of sp³-hybridized carbons (Fsp3) is 0.548. The van der Waals surface area contributed by atoms with E-state index in [9.17, 15) is 8.78 Å². The summed E-state index contributed by atoms with van der Waals surface area (Å²) in [4.78, 5) is 13.9. The van der Waals surface area contributed by atoms with Crippen molar-refractivity contribution in [1.82, 2.24) is 0 Å². The van der Waals surface area contributed by atoms with Gasteiger partial charge in [0, 0.05) is 24.9 Å². The number of aliphatic imine (C=N–C) groups is 3. The molecule has 1 unspecified atom stereocenters. The Kier molecular flexibility index (Phi) is 20.4. The van der Waals surface area contributed by atoms with E-state index < -0.39 is 5.92 Å². The standard InChI is InChI=1S/C38H53F2N3O2.C4H11N/c1-11-15-23-41-37(44-10)35(28(7)31-21-22-31)33(16-12-2)42-24-27(6)29(8)45-25-30-17-19-32(20-18-30)36(26(5)13-3)43-34(14-4)38(9,39)40;1-4(2)3-5/h14,17-20,23-24,26,31H,7-8,11-13,15-16,21-22,25H2,1-6,9-10H3;4H,3,5H2,1-2H3/b27-24-,34-14-,37-35-,41-23-,42-33-,43-36?;. The molecule has 1 saturated carbocycles. The molecule has 0 heterocycles. The van der Waals surface area contributed by atoms with Crippen LogP contribution in [0, 0.1) is 17.8 Å². The van der Waals surface area contributed by atoms with E-state index in [1.807, 2.05) is 51.3 Å². The van der Waals surface area contributed by atoms with Crippen LogP contribution in [0.4, 0.5) is 8.78 Å². The Balaban J connectivity index is 0.00000232. The van der Waals surface area contributed by atoms with E-state index in [1.165, 1.54) is 6.08 Å². The van der Waals surface area contributed by atoms with Crippen molar-refractivity contribution in [3.05, 3.63) is 94.9 Å². The molecule has 0 aromatic heterocycles. The second kappa shape index (κ2) is 22.9. The SMILES string of the molecule is C=C(OCc1ccc(C(=N/C(=C\C)C(C)(F)F)C(C)CC)cc1)\C(C)=C/N=C(CCC)\C(C(=C)C1CC1)=C(\N=C/CCC)OC.CC(C)CN. The van der Waals surface area contributed by atoms with E-state index in [2.05, 4.69) is 50.8 Å². The number of unbranched alkanes of at least 4 members (excludes halogenated alkanes) is 1. The number of nitrogens with zero attached hydrogens (tertiary/aromatic N) is 3. The van der Waals surface area contributed by atoms with E-state index >= 15 is 0 Å². The van der Waals surface area contributed by atoms with Gasteiger partial charge < -0.3 is 15.2 Å². The lowest BCUT2D eigenvalue weighted by atomic mass is 9.95. The third kappa shape index (κ3) is 15.5. The highest BCUT2D eigenvalue weighted by Gasteiger charge is 2.31. The lowest BCUT2D eigenvalue weighted by Crippen LogP contribution is -2.18. The largest absolute Gasteiger partial charge is 0.489 e. The average molecular weight is 695 g/mol. The second-order valence-electron chi connectivity index (χ2n) is 13.3. The molecule has 2 N–H and O–H groups in total. The summed E-state index contributed by atoms with van der Waals surface area (Å²) in [5, 5.41) is 0. The van der Waals surface area contributed by atoms with Crippen molar-refractivity contribution < 1.29 is 18.3 Å². The van der Waals surface area contributed by atoms with Gasteiger partial charge in [-0.05, 0) is 87.0 Å². The highest BCUT2D eigenvalue weighted by molar-refractivity contribution is 6.05. The van der Waals surface area contributed by atoms with Crippen LogP contribution < -0.4 is 5.73 Å². The number of hydrogen-bond acceptors (Lipinski definition) is 6. The predicted octanol–water partition coefficient (Wildman–Crippen LogP) is 11.6. The zero-order chi connectivity index (χ0) is 37.9. The second-order valence-corrected chi connectivity index (χ2v) is 13.3. The Labute approximate surface area is 302 Å². The molecule has 8 heteroatoms. The van der Waals surface area contributed by atoms with Gasteiger partial charge in [0.2, 0.25) is 5.88 Å². The van der Waals surface area contributed by atoms with E-state index in [-0.39, 0.29) is 11.6 Å². The topological polar surface area (TPSA) is 81.6 Å². The number of alkyl halides is 2. The zero-order valence-corrected chi connectivity index (χ0v) is 32.5. The van der Waals surface area contributed by atoms with Crippen molar-refractivity contribution in [2.75, 3.05) is 13.7 Å². The molecule has 0 radical (unpaired) electrons. The molecular weight excluding hydrogens is 630 g/mol. The van der Waals surface area contributed by atoms with Crippen molar-refractivity contribution in [2.24, 2.45) is 38.5 Å². The van der Waals surface area contributed by atoms with Gasteiger partial charge in [-0.2, -0.15) is 8.78 Å². The van der Waals surface area contributed by atoms with Crippen LogP contribution in [-0.2, 0) is 16.1 Å². The molecule has 278 valence electrons. The molecule has 0 amide bonds. The molecular formula is C42H64F2N4O2. The maximum absolute atomic E-state index is 14.1. The lowest BCUT2D eigenvalue weighted by Gasteiger charge is -2.18. The van der Waals surface area contributed by atoms with Crippen LogP contribution in [0.25, 0.3) is 0 Å². The van der Waals surface area contributed by atoms with E-state index in [0.717, 1.165) is 92.0 Å². The number of allylic oxidation sites excluding steroid dienone is 5. The number of ether oxygens (including phenoxy) is 2. The van der Waals surface area contributed by atoms with Gasteiger partial charge in [0.1, 0.15) is 18.1 Å². The predicted molar refractivity (Wildman–Crippen MR) is 210 cm³/mol. The summed E-state index contributed by atoms with van der Waals surface area (Å²) < 4.78 is 39.9. The van der Waals surface area contributed by atoms with Gasteiger partial charge in [-0.1, -0.05) is 97.9 Å². The van der Waals surface area contributed by atoms with Crippen LogP contribution in [0.3, 0.4) is 0 Å². The molecule has 1 aromatic carbocycles. The highest BCUT2D eigenvalue weighted by Crippen LogP contribution is 2.41. The first-order chi connectivity index (χ1) is 23.7. The van der Waals surface area contributed by atoms with Gasteiger partial charge in [-0.25, -0.2) is 4.99 Å². The zero-order valence-electron chi connectivity index (χ0n) is 32.5. The van der Waals surface area contributed by atoms with Crippen LogP contribution in [0.15, 0.2) is 98.7 Å². The van der Waals surface area contributed by atoms with E-state index in [1.54, 1.807) is 20.2 Å². The molecule has 1 fully saturated rings.